The van der Waals surface area contributed by atoms with Crippen LogP contribution in [0.4, 0.5) is 0 Å². The lowest BCUT2D eigenvalue weighted by Crippen LogP contribution is -2.27. The largest absolute Gasteiger partial charge is 0.360 e. The van der Waals surface area contributed by atoms with Gasteiger partial charge in [-0.25, -0.2) is 4.79 Å². The third kappa shape index (κ3) is 3.03. The predicted molar refractivity (Wildman–Crippen MR) is 70.9 cm³/mol. The van der Waals surface area contributed by atoms with E-state index in [0.717, 1.165) is 48.4 Å². The molecule has 1 aromatic heterocycles. The quantitative estimate of drug-likeness (QED) is 0.622. The summed E-state index contributed by atoms with van der Waals surface area (Å²) >= 11 is 0. The van der Waals surface area contributed by atoms with Gasteiger partial charge in [0.2, 0.25) is 0 Å². The normalized spacial score (nSPS) is 19.3. The van der Waals surface area contributed by atoms with Crippen LogP contribution in [0.5, 0.6) is 0 Å². The van der Waals surface area contributed by atoms with Gasteiger partial charge in [-0.15, -0.1) is 0 Å². The SMILES string of the molecule is CCCc1noc2c1/C(=N/OC(C)=O)CC(C)(C)C2. The van der Waals surface area contributed by atoms with Crippen LogP contribution in [0.1, 0.15) is 57.6 Å². The standard InChI is InChI=1S/C14H20N2O3/c1-5-6-10-13-11(16-18-9(2)17)7-14(3,4)8-12(13)19-15-10/h5-8H2,1-4H3/b16-11+. The van der Waals surface area contributed by atoms with Crippen LogP contribution < -0.4 is 0 Å². The average molecular weight is 264 g/mol. The molecule has 5 heteroatoms. The number of hydrogen-bond acceptors (Lipinski definition) is 5. The van der Waals surface area contributed by atoms with Crippen molar-refractivity contribution in [3.63, 3.8) is 0 Å². The van der Waals surface area contributed by atoms with Crippen molar-refractivity contribution in [1.29, 1.82) is 0 Å². The Balaban J connectivity index is 2.41. The van der Waals surface area contributed by atoms with Crippen molar-refractivity contribution < 1.29 is 14.2 Å². The zero-order chi connectivity index (χ0) is 14.0. The number of fused-ring (bicyclic) bond motifs is 1. The van der Waals surface area contributed by atoms with Crippen molar-refractivity contribution in [2.24, 2.45) is 10.6 Å². The van der Waals surface area contributed by atoms with Gasteiger partial charge >= 0.3 is 5.97 Å². The van der Waals surface area contributed by atoms with E-state index >= 15 is 0 Å². The van der Waals surface area contributed by atoms with E-state index in [0.29, 0.717) is 0 Å². The number of oxime groups is 1. The minimum absolute atomic E-state index is 0.0367. The van der Waals surface area contributed by atoms with Crippen molar-refractivity contribution in [2.75, 3.05) is 0 Å². The predicted octanol–water partition coefficient (Wildman–Crippen LogP) is 2.87. The third-order valence-corrected chi connectivity index (χ3v) is 3.18. The molecule has 0 saturated heterocycles. The Hall–Kier alpha value is -1.65. The molecule has 0 bridgehead atoms. The first-order valence-electron chi connectivity index (χ1n) is 6.65. The van der Waals surface area contributed by atoms with Gasteiger partial charge in [0.25, 0.3) is 0 Å². The highest BCUT2D eigenvalue weighted by atomic mass is 16.7. The Morgan fingerprint density at radius 3 is 2.84 bits per heavy atom. The van der Waals surface area contributed by atoms with Crippen molar-refractivity contribution in [1.82, 2.24) is 5.16 Å². The van der Waals surface area contributed by atoms with Gasteiger partial charge in [-0.05, 0) is 18.3 Å². The molecule has 2 rings (SSSR count). The monoisotopic (exact) mass is 264 g/mol. The average Bonchev–Trinajstić information content (AvgIpc) is 2.68. The molecular formula is C14H20N2O3. The van der Waals surface area contributed by atoms with E-state index in [1.165, 1.54) is 6.92 Å². The molecule has 1 aliphatic rings. The summed E-state index contributed by atoms with van der Waals surface area (Å²) < 4.78 is 5.44. The minimum atomic E-state index is -0.411. The topological polar surface area (TPSA) is 64.7 Å². The summed E-state index contributed by atoms with van der Waals surface area (Å²) in [5.41, 5.74) is 2.67. The van der Waals surface area contributed by atoms with Gasteiger partial charge in [-0.1, -0.05) is 37.5 Å². The first-order chi connectivity index (χ1) is 8.93. The van der Waals surface area contributed by atoms with Gasteiger partial charge in [0.1, 0.15) is 5.76 Å². The zero-order valence-electron chi connectivity index (χ0n) is 11.9. The maximum absolute atomic E-state index is 10.9. The van der Waals surface area contributed by atoms with Gasteiger partial charge in [-0.3, -0.25) is 0 Å². The van der Waals surface area contributed by atoms with Crippen LogP contribution in [0.3, 0.4) is 0 Å². The van der Waals surface area contributed by atoms with Crippen molar-refractivity contribution >= 4 is 11.7 Å². The smallest absolute Gasteiger partial charge is 0.331 e. The molecule has 0 fully saturated rings. The maximum atomic E-state index is 10.9. The molecule has 0 aliphatic heterocycles. The Bertz CT molecular complexity index is 515. The zero-order valence-corrected chi connectivity index (χ0v) is 11.9. The molecule has 0 radical (unpaired) electrons. The Morgan fingerprint density at radius 2 is 2.21 bits per heavy atom. The number of carbonyl (C=O) groups is 1. The molecular weight excluding hydrogens is 244 g/mol. The molecule has 0 spiro atoms. The summed E-state index contributed by atoms with van der Waals surface area (Å²) in [6.45, 7) is 7.72. The highest BCUT2D eigenvalue weighted by Gasteiger charge is 2.35. The van der Waals surface area contributed by atoms with Crippen LogP contribution in [-0.4, -0.2) is 16.8 Å². The van der Waals surface area contributed by atoms with Gasteiger partial charge in [0.15, 0.2) is 0 Å². The first-order valence-corrected chi connectivity index (χ1v) is 6.65. The summed E-state index contributed by atoms with van der Waals surface area (Å²) in [5.74, 6) is 0.441. The maximum Gasteiger partial charge on any atom is 0.331 e. The number of hydrogen-bond donors (Lipinski definition) is 0. The second-order valence-corrected chi connectivity index (χ2v) is 5.82. The van der Waals surface area contributed by atoms with E-state index in [-0.39, 0.29) is 5.41 Å². The molecule has 0 N–H and O–H groups in total. The summed E-state index contributed by atoms with van der Waals surface area (Å²) in [4.78, 5) is 15.8. The number of rotatable bonds is 3. The van der Waals surface area contributed by atoms with Crippen LogP contribution in [0, 0.1) is 5.41 Å². The number of carbonyl (C=O) groups excluding carboxylic acids is 1. The van der Waals surface area contributed by atoms with Crippen LogP contribution in [-0.2, 0) is 22.5 Å². The highest BCUT2D eigenvalue weighted by Crippen LogP contribution is 2.36. The van der Waals surface area contributed by atoms with E-state index < -0.39 is 5.97 Å². The molecule has 1 aliphatic carbocycles. The van der Waals surface area contributed by atoms with Crippen LogP contribution in [0.2, 0.25) is 0 Å². The molecule has 5 nitrogen and oxygen atoms in total. The molecule has 1 heterocycles. The summed E-state index contributed by atoms with van der Waals surface area (Å²) in [6, 6.07) is 0. The minimum Gasteiger partial charge on any atom is -0.360 e. The Kier molecular flexibility index (Phi) is 3.73. The fraction of sp³-hybridized carbons (Fsp3) is 0.643. The van der Waals surface area contributed by atoms with E-state index in [1.54, 1.807) is 0 Å². The van der Waals surface area contributed by atoms with Crippen LogP contribution >= 0.6 is 0 Å². The lowest BCUT2D eigenvalue weighted by molar-refractivity contribution is -0.140. The Morgan fingerprint density at radius 1 is 1.47 bits per heavy atom. The van der Waals surface area contributed by atoms with Crippen molar-refractivity contribution in [3.8, 4) is 0 Å². The number of aryl methyl sites for hydroxylation is 1. The molecule has 0 saturated carbocycles. The van der Waals surface area contributed by atoms with E-state index in [9.17, 15) is 4.79 Å². The molecule has 104 valence electrons. The van der Waals surface area contributed by atoms with E-state index in [4.69, 9.17) is 9.36 Å². The molecule has 0 amide bonds. The van der Waals surface area contributed by atoms with Crippen molar-refractivity contribution in [2.45, 2.75) is 53.4 Å². The third-order valence-electron chi connectivity index (χ3n) is 3.18. The number of nitrogens with zero attached hydrogens (tertiary/aromatic N) is 2. The summed E-state index contributed by atoms with van der Waals surface area (Å²) in [7, 11) is 0. The lowest BCUT2D eigenvalue weighted by Gasteiger charge is -2.28. The molecule has 1 aromatic rings. The van der Waals surface area contributed by atoms with Crippen LogP contribution in [0.15, 0.2) is 9.68 Å². The highest BCUT2D eigenvalue weighted by molar-refractivity contribution is 6.03. The molecule has 19 heavy (non-hydrogen) atoms. The number of aromatic nitrogens is 1. The summed E-state index contributed by atoms with van der Waals surface area (Å²) in [6.07, 6.45) is 3.42. The molecule has 0 atom stereocenters. The lowest BCUT2D eigenvalue weighted by atomic mass is 9.75. The fourth-order valence-electron chi connectivity index (χ4n) is 2.45. The van der Waals surface area contributed by atoms with Crippen molar-refractivity contribution in [3.05, 3.63) is 17.0 Å². The molecule has 0 unspecified atom stereocenters. The van der Waals surface area contributed by atoms with Gasteiger partial charge < -0.3 is 9.36 Å². The van der Waals surface area contributed by atoms with Gasteiger partial charge in [-0.2, -0.15) is 0 Å². The van der Waals surface area contributed by atoms with Gasteiger partial charge in [0.05, 0.1) is 17.0 Å². The van der Waals surface area contributed by atoms with E-state index in [2.05, 4.69) is 31.1 Å². The summed E-state index contributed by atoms with van der Waals surface area (Å²) in [5, 5.41) is 8.14. The second-order valence-electron chi connectivity index (χ2n) is 5.82. The fourth-order valence-corrected chi connectivity index (χ4v) is 2.45. The van der Waals surface area contributed by atoms with Gasteiger partial charge in [0, 0.05) is 13.3 Å². The molecule has 0 aromatic carbocycles. The Labute approximate surface area is 113 Å². The van der Waals surface area contributed by atoms with E-state index in [1.807, 2.05) is 0 Å². The van der Waals surface area contributed by atoms with Crippen LogP contribution in [0.25, 0.3) is 0 Å². The first kappa shape index (κ1) is 13.8. The second kappa shape index (κ2) is 5.15.